The molecule has 66 valence electrons. The molecule has 0 spiro atoms. The Bertz CT molecular complexity index is 217. The Morgan fingerprint density at radius 2 is 1.67 bits per heavy atom. The molecule has 0 unspecified atom stereocenters. The molecule has 2 rings (SSSR count). The van der Waals surface area contributed by atoms with E-state index in [4.69, 9.17) is 0 Å². The number of hydrogen-bond acceptors (Lipinski definition) is 3. The van der Waals surface area contributed by atoms with Crippen LogP contribution < -0.4 is 0 Å². The van der Waals surface area contributed by atoms with Crippen molar-refractivity contribution in [2.45, 2.75) is 18.9 Å². The van der Waals surface area contributed by atoms with Crippen LogP contribution in [0, 0.1) is 0 Å². The summed E-state index contributed by atoms with van der Waals surface area (Å²) in [6, 6.07) is 0.164. The van der Waals surface area contributed by atoms with Gasteiger partial charge in [0.15, 0.2) is 0 Å². The third kappa shape index (κ3) is 1.03. The second-order valence-electron chi connectivity index (χ2n) is 3.53. The molecule has 2 fully saturated rings. The fraction of sp³-hybridized carbons (Fsp3) is 0.750. The highest BCUT2D eigenvalue weighted by Crippen LogP contribution is 2.20. The standard InChI is InChI=1S/C8H12N2O2/c1-9-4-6(5-9)10-7(11)2-3-8(10)12/h6H,2-5H2,1H3. The number of rotatable bonds is 1. The van der Waals surface area contributed by atoms with Crippen molar-refractivity contribution in [3.63, 3.8) is 0 Å². The molecular weight excluding hydrogens is 156 g/mol. The third-order valence-corrected chi connectivity index (χ3v) is 2.50. The van der Waals surface area contributed by atoms with E-state index < -0.39 is 0 Å². The molecule has 0 atom stereocenters. The van der Waals surface area contributed by atoms with Crippen LogP contribution in [0.3, 0.4) is 0 Å². The molecule has 0 aliphatic carbocycles. The van der Waals surface area contributed by atoms with E-state index in [0.717, 1.165) is 13.1 Å². The van der Waals surface area contributed by atoms with Crippen molar-refractivity contribution >= 4 is 11.8 Å². The largest absolute Gasteiger partial charge is 0.302 e. The van der Waals surface area contributed by atoms with Crippen LogP contribution in [0.2, 0.25) is 0 Å². The number of amides is 2. The first-order valence-electron chi connectivity index (χ1n) is 4.22. The van der Waals surface area contributed by atoms with E-state index in [1.165, 1.54) is 4.90 Å². The minimum Gasteiger partial charge on any atom is -0.302 e. The van der Waals surface area contributed by atoms with Gasteiger partial charge in [-0.2, -0.15) is 0 Å². The maximum atomic E-state index is 11.2. The number of carbonyl (C=O) groups excluding carboxylic acids is 2. The highest BCUT2D eigenvalue weighted by molar-refractivity contribution is 6.02. The average Bonchev–Trinajstić information content (AvgIpc) is 2.26. The van der Waals surface area contributed by atoms with Crippen molar-refractivity contribution in [3.8, 4) is 0 Å². The molecule has 0 bridgehead atoms. The number of imide groups is 1. The summed E-state index contributed by atoms with van der Waals surface area (Å²) in [4.78, 5) is 26.0. The smallest absolute Gasteiger partial charge is 0.230 e. The molecule has 0 aromatic rings. The zero-order valence-corrected chi connectivity index (χ0v) is 7.12. The van der Waals surface area contributed by atoms with Gasteiger partial charge in [-0.1, -0.05) is 0 Å². The van der Waals surface area contributed by atoms with Crippen LogP contribution in [-0.4, -0.2) is 47.8 Å². The van der Waals surface area contributed by atoms with Crippen molar-refractivity contribution in [3.05, 3.63) is 0 Å². The van der Waals surface area contributed by atoms with Gasteiger partial charge in [0.25, 0.3) is 0 Å². The Morgan fingerprint density at radius 1 is 1.17 bits per heavy atom. The van der Waals surface area contributed by atoms with Crippen molar-refractivity contribution in [1.29, 1.82) is 0 Å². The molecule has 12 heavy (non-hydrogen) atoms. The Hall–Kier alpha value is -0.900. The van der Waals surface area contributed by atoms with Crippen LogP contribution in [0.5, 0.6) is 0 Å². The quantitative estimate of drug-likeness (QED) is 0.493. The fourth-order valence-electron chi connectivity index (χ4n) is 1.83. The van der Waals surface area contributed by atoms with Crippen LogP contribution in [0.1, 0.15) is 12.8 Å². The van der Waals surface area contributed by atoms with Crippen molar-refractivity contribution in [2.75, 3.05) is 20.1 Å². The van der Waals surface area contributed by atoms with Gasteiger partial charge in [0.05, 0.1) is 6.04 Å². The van der Waals surface area contributed by atoms with E-state index in [1.807, 2.05) is 7.05 Å². The molecule has 4 nitrogen and oxygen atoms in total. The van der Waals surface area contributed by atoms with Gasteiger partial charge >= 0.3 is 0 Å². The van der Waals surface area contributed by atoms with Crippen molar-refractivity contribution in [2.24, 2.45) is 0 Å². The predicted octanol–water partition coefficient (Wildman–Crippen LogP) is -0.551. The molecular formula is C8H12N2O2. The second-order valence-corrected chi connectivity index (χ2v) is 3.53. The lowest BCUT2D eigenvalue weighted by Crippen LogP contribution is -2.59. The Labute approximate surface area is 71.1 Å². The predicted molar refractivity (Wildman–Crippen MR) is 42.4 cm³/mol. The lowest BCUT2D eigenvalue weighted by atomic mass is 10.1. The topological polar surface area (TPSA) is 40.6 Å². The third-order valence-electron chi connectivity index (χ3n) is 2.50. The van der Waals surface area contributed by atoms with Gasteiger partial charge in [0.1, 0.15) is 0 Å². The summed E-state index contributed by atoms with van der Waals surface area (Å²) in [5.74, 6) is 0.0243. The van der Waals surface area contributed by atoms with Gasteiger partial charge in [-0.3, -0.25) is 14.5 Å². The Morgan fingerprint density at radius 3 is 2.08 bits per heavy atom. The maximum Gasteiger partial charge on any atom is 0.230 e. The number of nitrogens with zero attached hydrogens (tertiary/aromatic N) is 2. The Balaban J connectivity index is 2.03. The molecule has 0 N–H and O–H groups in total. The summed E-state index contributed by atoms with van der Waals surface area (Å²) < 4.78 is 0. The summed E-state index contributed by atoms with van der Waals surface area (Å²) >= 11 is 0. The zero-order valence-electron chi connectivity index (χ0n) is 7.12. The Kier molecular flexibility index (Phi) is 1.65. The minimum absolute atomic E-state index is 0.0121. The van der Waals surface area contributed by atoms with E-state index >= 15 is 0 Å². The molecule has 0 saturated carbocycles. The summed E-state index contributed by atoms with van der Waals surface area (Å²) in [7, 11) is 1.99. The molecule has 2 amide bonds. The highest BCUT2D eigenvalue weighted by Gasteiger charge is 2.39. The molecule has 4 heteroatoms. The molecule has 2 aliphatic heterocycles. The van der Waals surface area contributed by atoms with Crippen LogP contribution in [-0.2, 0) is 9.59 Å². The van der Waals surface area contributed by atoms with E-state index in [1.54, 1.807) is 0 Å². The highest BCUT2D eigenvalue weighted by atomic mass is 16.2. The maximum absolute atomic E-state index is 11.2. The number of carbonyl (C=O) groups is 2. The van der Waals surface area contributed by atoms with Gasteiger partial charge in [-0.15, -0.1) is 0 Å². The van der Waals surface area contributed by atoms with Gasteiger partial charge < -0.3 is 4.90 Å². The van der Waals surface area contributed by atoms with Crippen LogP contribution in [0.15, 0.2) is 0 Å². The molecule has 2 heterocycles. The van der Waals surface area contributed by atoms with E-state index in [-0.39, 0.29) is 17.9 Å². The second kappa shape index (κ2) is 2.55. The van der Waals surface area contributed by atoms with Gasteiger partial charge in [-0.25, -0.2) is 0 Å². The summed E-state index contributed by atoms with van der Waals surface area (Å²) in [6.45, 7) is 1.69. The van der Waals surface area contributed by atoms with Crippen LogP contribution in [0.4, 0.5) is 0 Å². The van der Waals surface area contributed by atoms with Gasteiger partial charge in [0, 0.05) is 25.9 Å². The lowest BCUT2D eigenvalue weighted by Gasteiger charge is -2.40. The first-order valence-corrected chi connectivity index (χ1v) is 4.22. The van der Waals surface area contributed by atoms with Gasteiger partial charge in [0.2, 0.25) is 11.8 Å². The lowest BCUT2D eigenvalue weighted by molar-refractivity contribution is -0.144. The molecule has 0 aromatic carbocycles. The first-order chi connectivity index (χ1) is 5.68. The fourth-order valence-corrected chi connectivity index (χ4v) is 1.83. The molecule has 2 saturated heterocycles. The molecule has 2 aliphatic rings. The summed E-state index contributed by atoms with van der Waals surface area (Å²) in [5.41, 5.74) is 0. The van der Waals surface area contributed by atoms with Crippen molar-refractivity contribution in [1.82, 2.24) is 9.80 Å². The summed E-state index contributed by atoms with van der Waals surface area (Å²) in [6.07, 6.45) is 0.831. The van der Waals surface area contributed by atoms with Crippen LogP contribution >= 0.6 is 0 Å². The monoisotopic (exact) mass is 168 g/mol. The summed E-state index contributed by atoms with van der Waals surface area (Å²) in [5, 5.41) is 0. The zero-order chi connectivity index (χ0) is 8.72. The van der Waals surface area contributed by atoms with Crippen molar-refractivity contribution < 1.29 is 9.59 Å². The SMILES string of the molecule is CN1CC(N2C(=O)CCC2=O)C1. The van der Waals surface area contributed by atoms with E-state index in [0.29, 0.717) is 12.8 Å². The van der Waals surface area contributed by atoms with Crippen LogP contribution in [0.25, 0.3) is 0 Å². The number of likely N-dealkylation sites (N-methyl/N-ethyl adjacent to an activating group) is 1. The number of hydrogen-bond donors (Lipinski definition) is 0. The van der Waals surface area contributed by atoms with E-state index in [2.05, 4.69) is 4.90 Å². The minimum atomic E-state index is 0.0121. The average molecular weight is 168 g/mol. The molecule has 0 radical (unpaired) electrons. The normalized spacial score (nSPS) is 26.6. The first kappa shape index (κ1) is 7.73. The van der Waals surface area contributed by atoms with Gasteiger partial charge in [-0.05, 0) is 7.05 Å². The van der Waals surface area contributed by atoms with E-state index in [9.17, 15) is 9.59 Å². The number of likely N-dealkylation sites (tertiary alicyclic amines) is 2. The molecule has 0 aromatic heterocycles.